The second kappa shape index (κ2) is 10.2. The summed E-state index contributed by atoms with van der Waals surface area (Å²) in [5.74, 6) is -0.235. The maximum Gasteiger partial charge on any atom is 0.407 e. The maximum absolute atomic E-state index is 11.5. The van der Waals surface area contributed by atoms with E-state index in [1.54, 1.807) is 0 Å². The van der Waals surface area contributed by atoms with Crippen LogP contribution >= 0.6 is 0 Å². The molecule has 0 aliphatic rings. The molecule has 1 rings (SSSR count). The molecule has 130 valence electrons. The third kappa shape index (κ3) is 10.7. The highest BCUT2D eigenvalue weighted by molar-refractivity contribution is 7.85. The van der Waals surface area contributed by atoms with Gasteiger partial charge in [-0.2, -0.15) is 8.42 Å². The number of nitrogens with one attached hydrogen (secondary N) is 1. The van der Waals surface area contributed by atoms with Crippen molar-refractivity contribution in [3.63, 3.8) is 0 Å². The van der Waals surface area contributed by atoms with Gasteiger partial charge in [-0.25, -0.2) is 4.79 Å². The van der Waals surface area contributed by atoms with Crippen molar-refractivity contribution in [1.82, 2.24) is 10.2 Å². The van der Waals surface area contributed by atoms with Gasteiger partial charge in [0, 0.05) is 6.54 Å². The lowest BCUT2D eigenvalue weighted by atomic mass is 10.2. The van der Waals surface area contributed by atoms with Crippen LogP contribution in [-0.2, 0) is 21.5 Å². The second-order valence-corrected chi connectivity index (χ2v) is 6.86. The van der Waals surface area contributed by atoms with E-state index in [1.165, 1.54) is 0 Å². The predicted molar refractivity (Wildman–Crippen MR) is 87.8 cm³/mol. The van der Waals surface area contributed by atoms with E-state index in [4.69, 9.17) is 9.29 Å². The normalized spacial score (nSPS) is 11.4. The monoisotopic (exact) mass is 344 g/mol. The summed E-state index contributed by atoms with van der Waals surface area (Å²) in [6.07, 6.45) is 0.646. The van der Waals surface area contributed by atoms with Crippen LogP contribution < -0.4 is 5.32 Å². The average molecular weight is 344 g/mol. The molecule has 0 spiro atoms. The summed E-state index contributed by atoms with van der Waals surface area (Å²) in [4.78, 5) is 13.4. The summed E-state index contributed by atoms with van der Waals surface area (Å²) < 4.78 is 34.9. The molecular weight excluding hydrogens is 320 g/mol. The highest BCUT2D eigenvalue weighted by atomic mass is 32.2. The Balaban J connectivity index is 2.04. The fraction of sp³-hybridized carbons (Fsp3) is 0.533. The first-order chi connectivity index (χ1) is 10.9. The molecule has 0 saturated heterocycles. The molecule has 8 heteroatoms. The van der Waals surface area contributed by atoms with Crippen molar-refractivity contribution in [2.24, 2.45) is 0 Å². The van der Waals surface area contributed by atoms with Crippen molar-refractivity contribution in [3.8, 4) is 0 Å². The summed E-state index contributed by atoms with van der Waals surface area (Å²) in [5, 5.41) is 2.66. The Hall–Kier alpha value is -1.64. The molecule has 0 aromatic heterocycles. The SMILES string of the molecule is CN(CCCNC(=O)OCc1ccccc1)CCCS(=O)(=O)O. The standard InChI is InChI=1S/C15H24N2O5S/c1-17(11-6-12-23(19,20)21)10-5-9-16-15(18)22-13-14-7-3-2-4-8-14/h2-4,7-8H,5-6,9-13H2,1H3,(H,16,18)(H,19,20,21). The Morgan fingerprint density at radius 1 is 1.22 bits per heavy atom. The molecule has 23 heavy (non-hydrogen) atoms. The molecule has 0 radical (unpaired) electrons. The zero-order valence-corrected chi connectivity index (χ0v) is 14.1. The molecule has 0 atom stereocenters. The Labute approximate surface area is 137 Å². The first kappa shape index (κ1) is 19.4. The molecule has 0 saturated carbocycles. The number of hydrogen-bond donors (Lipinski definition) is 2. The number of ether oxygens (including phenoxy) is 1. The molecule has 0 aliphatic carbocycles. The Morgan fingerprint density at radius 3 is 2.52 bits per heavy atom. The molecule has 0 unspecified atom stereocenters. The largest absolute Gasteiger partial charge is 0.445 e. The van der Waals surface area contributed by atoms with Crippen molar-refractivity contribution in [1.29, 1.82) is 0 Å². The van der Waals surface area contributed by atoms with Crippen LogP contribution in [0.4, 0.5) is 4.79 Å². The van der Waals surface area contributed by atoms with Gasteiger partial charge in [-0.3, -0.25) is 4.55 Å². The van der Waals surface area contributed by atoms with Crippen molar-refractivity contribution < 1.29 is 22.5 Å². The van der Waals surface area contributed by atoms with Gasteiger partial charge >= 0.3 is 6.09 Å². The number of carbonyl (C=O) groups is 1. The first-order valence-electron chi connectivity index (χ1n) is 7.45. The third-order valence-electron chi connectivity index (χ3n) is 3.14. The van der Waals surface area contributed by atoms with E-state index in [2.05, 4.69) is 5.32 Å². The van der Waals surface area contributed by atoms with Gasteiger partial charge in [-0.05, 0) is 38.5 Å². The summed E-state index contributed by atoms with van der Waals surface area (Å²) in [5.41, 5.74) is 0.932. The van der Waals surface area contributed by atoms with E-state index >= 15 is 0 Å². The number of hydrogen-bond acceptors (Lipinski definition) is 5. The zero-order chi connectivity index (χ0) is 17.1. The number of alkyl carbamates (subject to hydrolysis) is 1. The van der Waals surface area contributed by atoms with Crippen LogP contribution in [0.2, 0.25) is 0 Å². The maximum atomic E-state index is 11.5. The molecule has 7 nitrogen and oxygen atoms in total. The molecule has 0 heterocycles. The van der Waals surface area contributed by atoms with Gasteiger partial charge in [-0.1, -0.05) is 30.3 Å². The summed E-state index contributed by atoms with van der Waals surface area (Å²) in [6, 6.07) is 9.43. The Morgan fingerprint density at radius 2 is 1.87 bits per heavy atom. The van der Waals surface area contributed by atoms with Gasteiger partial charge < -0.3 is 15.0 Å². The van der Waals surface area contributed by atoms with Crippen LogP contribution in [0.3, 0.4) is 0 Å². The van der Waals surface area contributed by atoms with Crippen LogP contribution in [0.1, 0.15) is 18.4 Å². The van der Waals surface area contributed by atoms with E-state index in [-0.39, 0.29) is 12.4 Å². The smallest absolute Gasteiger partial charge is 0.407 e. The topological polar surface area (TPSA) is 95.9 Å². The Bertz CT molecular complexity index is 562. The molecule has 0 bridgehead atoms. The fourth-order valence-corrected chi connectivity index (χ4v) is 2.44. The number of amides is 1. The van der Waals surface area contributed by atoms with Gasteiger partial charge in [0.15, 0.2) is 0 Å². The van der Waals surface area contributed by atoms with E-state index in [1.807, 2.05) is 42.3 Å². The van der Waals surface area contributed by atoms with Crippen molar-refractivity contribution >= 4 is 16.2 Å². The van der Waals surface area contributed by atoms with Gasteiger partial charge in [0.25, 0.3) is 10.1 Å². The fourth-order valence-electron chi connectivity index (χ4n) is 1.94. The number of benzene rings is 1. The van der Waals surface area contributed by atoms with Gasteiger partial charge in [0.2, 0.25) is 0 Å². The lowest BCUT2D eigenvalue weighted by Gasteiger charge is -2.16. The number of carbonyl (C=O) groups excluding carboxylic acids is 1. The van der Waals surface area contributed by atoms with Crippen molar-refractivity contribution in [2.45, 2.75) is 19.4 Å². The summed E-state index contributed by atoms with van der Waals surface area (Å²) >= 11 is 0. The minimum Gasteiger partial charge on any atom is -0.445 e. The lowest BCUT2D eigenvalue weighted by Crippen LogP contribution is -2.29. The van der Waals surface area contributed by atoms with E-state index in [0.29, 0.717) is 26.1 Å². The molecular formula is C15H24N2O5S. The minimum atomic E-state index is -3.89. The number of rotatable bonds is 10. The Kier molecular flexibility index (Phi) is 8.60. The van der Waals surface area contributed by atoms with Crippen LogP contribution in [0.25, 0.3) is 0 Å². The second-order valence-electron chi connectivity index (χ2n) is 5.28. The molecule has 1 amide bonds. The molecule has 0 fully saturated rings. The summed E-state index contributed by atoms with van der Waals surface area (Å²) in [7, 11) is -2.03. The lowest BCUT2D eigenvalue weighted by molar-refractivity contribution is 0.139. The zero-order valence-electron chi connectivity index (χ0n) is 13.3. The van der Waals surface area contributed by atoms with Crippen LogP contribution in [0.5, 0.6) is 0 Å². The molecule has 1 aromatic carbocycles. The van der Waals surface area contributed by atoms with E-state index in [0.717, 1.165) is 12.0 Å². The molecule has 0 aliphatic heterocycles. The average Bonchev–Trinajstić information content (AvgIpc) is 2.49. The minimum absolute atomic E-state index is 0.235. The van der Waals surface area contributed by atoms with Crippen molar-refractivity contribution in [3.05, 3.63) is 35.9 Å². The quantitative estimate of drug-likeness (QED) is 0.493. The predicted octanol–water partition coefficient (Wildman–Crippen LogP) is 1.51. The van der Waals surface area contributed by atoms with Gasteiger partial charge in [-0.15, -0.1) is 0 Å². The number of nitrogens with zero attached hydrogens (tertiary/aromatic N) is 1. The highest BCUT2D eigenvalue weighted by Gasteiger charge is 2.06. The molecule has 1 aromatic rings. The van der Waals surface area contributed by atoms with E-state index in [9.17, 15) is 13.2 Å². The highest BCUT2D eigenvalue weighted by Crippen LogP contribution is 2.00. The van der Waals surface area contributed by atoms with Crippen LogP contribution in [0, 0.1) is 0 Å². The summed E-state index contributed by atoms with van der Waals surface area (Å²) in [6.45, 7) is 2.00. The van der Waals surface area contributed by atoms with Gasteiger partial charge in [0.1, 0.15) is 6.61 Å². The van der Waals surface area contributed by atoms with Crippen LogP contribution in [0.15, 0.2) is 30.3 Å². The van der Waals surface area contributed by atoms with E-state index < -0.39 is 16.2 Å². The molecule has 2 N–H and O–H groups in total. The first-order valence-corrected chi connectivity index (χ1v) is 9.06. The van der Waals surface area contributed by atoms with Gasteiger partial charge in [0.05, 0.1) is 5.75 Å². The van der Waals surface area contributed by atoms with Crippen LogP contribution in [-0.4, -0.2) is 56.4 Å². The van der Waals surface area contributed by atoms with Crippen molar-refractivity contribution in [2.75, 3.05) is 32.4 Å². The third-order valence-corrected chi connectivity index (χ3v) is 3.95.